The molecule has 0 heterocycles. The summed E-state index contributed by atoms with van der Waals surface area (Å²) >= 11 is 0. The van der Waals surface area contributed by atoms with E-state index in [0.29, 0.717) is 11.8 Å². The molecule has 0 saturated heterocycles. The van der Waals surface area contributed by atoms with E-state index < -0.39 is 6.03 Å². The molecule has 76 valence electrons. The second-order valence-corrected chi connectivity index (χ2v) is 3.91. The number of urea groups is 1. The maximum atomic E-state index is 10.5. The zero-order valence-electron chi connectivity index (χ0n) is 8.07. The normalized spacial score (nSPS) is 35.3. The molecule has 4 nitrogen and oxygen atoms in total. The highest BCUT2D eigenvalue weighted by molar-refractivity contribution is 5.90. The minimum atomic E-state index is -0.577. The van der Waals surface area contributed by atoms with E-state index in [-0.39, 0.29) is 0 Å². The van der Waals surface area contributed by atoms with Crippen LogP contribution in [0.5, 0.6) is 0 Å². The number of hydrogen-bond donors (Lipinski definition) is 2. The Bertz CT molecular complexity index is 296. The molecule has 2 aliphatic carbocycles. The summed E-state index contributed by atoms with van der Waals surface area (Å²) in [6.45, 7) is 0. The Balaban J connectivity index is 2.00. The standard InChI is InChI=1S/C10H15N3O/c11-10(14)13-12-9-5-3-1-2-4-7-6-8(7)9/h2,4,7-8H,1,3,5-6H2,(H3,11,13,14)/b4-2-,12-9-/t7-,8+/m0/s1. The first-order chi connectivity index (χ1) is 6.77. The van der Waals surface area contributed by atoms with Crippen molar-refractivity contribution in [3.05, 3.63) is 12.2 Å². The number of hydrogen-bond acceptors (Lipinski definition) is 2. The van der Waals surface area contributed by atoms with E-state index >= 15 is 0 Å². The number of rotatable bonds is 1. The van der Waals surface area contributed by atoms with Gasteiger partial charge in [-0.05, 0) is 31.6 Å². The maximum absolute atomic E-state index is 10.5. The van der Waals surface area contributed by atoms with E-state index in [0.717, 1.165) is 25.0 Å². The summed E-state index contributed by atoms with van der Waals surface area (Å²) in [4.78, 5) is 10.5. The highest BCUT2D eigenvalue weighted by Crippen LogP contribution is 2.43. The van der Waals surface area contributed by atoms with Gasteiger partial charge in [-0.15, -0.1) is 0 Å². The van der Waals surface area contributed by atoms with E-state index in [1.54, 1.807) is 0 Å². The molecule has 0 spiro atoms. The first-order valence-electron chi connectivity index (χ1n) is 5.06. The lowest BCUT2D eigenvalue weighted by Crippen LogP contribution is -2.26. The smallest absolute Gasteiger partial charge is 0.332 e. The zero-order chi connectivity index (χ0) is 9.97. The van der Waals surface area contributed by atoms with Gasteiger partial charge in [0, 0.05) is 11.6 Å². The number of hydrazone groups is 1. The molecular formula is C10H15N3O. The van der Waals surface area contributed by atoms with Gasteiger partial charge in [-0.3, -0.25) is 0 Å². The molecule has 0 aromatic rings. The maximum Gasteiger partial charge on any atom is 0.332 e. The number of nitrogens with two attached hydrogens (primary N) is 1. The largest absolute Gasteiger partial charge is 0.350 e. The number of primary amides is 1. The molecule has 4 heteroatoms. The lowest BCUT2D eigenvalue weighted by Gasteiger charge is -2.06. The van der Waals surface area contributed by atoms with Gasteiger partial charge in [-0.2, -0.15) is 5.10 Å². The molecule has 0 aromatic carbocycles. The van der Waals surface area contributed by atoms with E-state index in [9.17, 15) is 4.79 Å². The van der Waals surface area contributed by atoms with Crippen molar-refractivity contribution in [3.8, 4) is 0 Å². The van der Waals surface area contributed by atoms with E-state index in [1.165, 1.54) is 6.42 Å². The third-order valence-electron chi connectivity index (χ3n) is 2.76. The van der Waals surface area contributed by atoms with Crippen LogP contribution in [0.2, 0.25) is 0 Å². The summed E-state index contributed by atoms with van der Waals surface area (Å²) < 4.78 is 0. The number of amides is 2. The number of fused-ring (bicyclic) bond motifs is 1. The van der Waals surface area contributed by atoms with Crippen molar-refractivity contribution < 1.29 is 4.79 Å². The lowest BCUT2D eigenvalue weighted by atomic mass is 10.0. The fourth-order valence-electron chi connectivity index (χ4n) is 1.93. The molecule has 2 atom stereocenters. The molecule has 1 fully saturated rings. The second kappa shape index (κ2) is 3.82. The van der Waals surface area contributed by atoms with Crippen LogP contribution in [0.4, 0.5) is 4.79 Å². The summed E-state index contributed by atoms with van der Waals surface area (Å²) in [5.74, 6) is 1.21. The van der Waals surface area contributed by atoms with Crippen molar-refractivity contribution in [2.24, 2.45) is 22.7 Å². The van der Waals surface area contributed by atoms with Crippen LogP contribution >= 0.6 is 0 Å². The van der Waals surface area contributed by atoms with E-state index in [4.69, 9.17) is 5.73 Å². The van der Waals surface area contributed by atoms with Gasteiger partial charge in [0.15, 0.2) is 0 Å². The number of allylic oxidation sites excluding steroid dienone is 2. The minimum absolute atomic E-state index is 0.554. The van der Waals surface area contributed by atoms with Crippen LogP contribution in [0, 0.1) is 11.8 Å². The van der Waals surface area contributed by atoms with E-state index in [2.05, 4.69) is 22.7 Å². The molecule has 0 aromatic heterocycles. The zero-order valence-corrected chi connectivity index (χ0v) is 8.07. The lowest BCUT2D eigenvalue weighted by molar-refractivity contribution is 0.249. The summed E-state index contributed by atoms with van der Waals surface area (Å²) in [6, 6.07) is -0.577. The fraction of sp³-hybridized carbons (Fsp3) is 0.600. The Morgan fingerprint density at radius 1 is 1.64 bits per heavy atom. The molecule has 0 unspecified atom stereocenters. The van der Waals surface area contributed by atoms with Crippen molar-refractivity contribution in [3.63, 3.8) is 0 Å². The first kappa shape index (κ1) is 9.24. The van der Waals surface area contributed by atoms with Crippen LogP contribution in [0.25, 0.3) is 0 Å². The molecule has 2 rings (SSSR count). The van der Waals surface area contributed by atoms with Crippen molar-refractivity contribution in [1.29, 1.82) is 0 Å². The van der Waals surface area contributed by atoms with Crippen molar-refractivity contribution in [1.82, 2.24) is 5.43 Å². The van der Waals surface area contributed by atoms with Crippen LogP contribution in [-0.2, 0) is 0 Å². The van der Waals surface area contributed by atoms with Crippen LogP contribution < -0.4 is 11.2 Å². The van der Waals surface area contributed by atoms with Gasteiger partial charge in [0.25, 0.3) is 0 Å². The minimum Gasteiger partial charge on any atom is -0.350 e. The molecule has 1 saturated carbocycles. The van der Waals surface area contributed by atoms with Crippen LogP contribution in [0.3, 0.4) is 0 Å². The highest BCUT2D eigenvalue weighted by atomic mass is 16.2. The molecular weight excluding hydrogens is 178 g/mol. The van der Waals surface area contributed by atoms with E-state index in [1.807, 2.05) is 0 Å². The first-order valence-corrected chi connectivity index (χ1v) is 5.06. The van der Waals surface area contributed by atoms with Gasteiger partial charge in [0.2, 0.25) is 0 Å². The molecule has 2 aliphatic rings. The Labute approximate surface area is 83.2 Å². The SMILES string of the molecule is NC(=O)N/N=C1/CCC/C=C\[C@H]2C[C@@H]12. The molecule has 14 heavy (non-hydrogen) atoms. The topological polar surface area (TPSA) is 67.5 Å². The summed E-state index contributed by atoms with van der Waals surface area (Å²) in [5.41, 5.74) is 8.40. The third-order valence-corrected chi connectivity index (χ3v) is 2.76. The molecule has 0 aliphatic heterocycles. The summed E-state index contributed by atoms with van der Waals surface area (Å²) in [5, 5.41) is 4.07. The van der Waals surface area contributed by atoms with Crippen molar-refractivity contribution in [2.45, 2.75) is 25.7 Å². The Hall–Kier alpha value is -1.32. The van der Waals surface area contributed by atoms with Crippen molar-refractivity contribution >= 4 is 11.7 Å². The van der Waals surface area contributed by atoms with Gasteiger partial charge in [0.05, 0.1) is 0 Å². The van der Waals surface area contributed by atoms with Gasteiger partial charge in [-0.25, -0.2) is 10.2 Å². The Morgan fingerprint density at radius 3 is 3.29 bits per heavy atom. The highest BCUT2D eigenvalue weighted by Gasteiger charge is 2.39. The average Bonchev–Trinajstić information content (AvgIpc) is 2.82. The van der Waals surface area contributed by atoms with Gasteiger partial charge >= 0.3 is 6.03 Å². The van der Waals surface area contributed by atoms with Gasteiger partial charge in [0.1, 0.15) is 0 Å². The second-order valence-electron chi connectivity index (χ2n) is 3.91. The summed E-state index contributed by atoms with van der Waals surface area (Å²) in [6.07, 6.45) is 8.89. The quantitative estimate of drug-likeness (QED) is 0.479. The Kier molecular flexibility index (Phi) is 2.52. The van der Waals surface area contributed by atoms with Gasteiger partial charge < -0.3 is 5.73 Å². The third kappa shape index (κ3) is 2.13. The van der Waals surface area contributed by atoms with Crippen molar-refractivity contribution in [2.75, 3.05) is 0 Å². The van der Waals surface area contributed by atoms with Crippen LogP contribution in [0.15, 0.2) is 17.3 Å². The predicted octanol–water partition coefficient (Wildman–Crippen LogP) is 1.39. The molecule has 0 bridgehead atoms. The number of nitrogens with zero attached hydrogens (tertiary/aromatic N) is 1. The average molecular weight is 193 g/mol. The summed E-state index contributed by atoms with van der Waals surface area (Å²) in [7, 11) is 0. The predicted molar refractivity (Wildman–Crippen MR) is 54.7 cm³/mol. The fourth-order valence-corrected chi connectivity index (χ4v) is 1.93. The monoisotopic (exact) mass is 193 g/mol. The number of carbonyl (C=O) groups is 1. The number of nitrogens with one attached hydrogen (secondary N) is 1. The Morgan fingerprint density at radius 2 is 2.50 bits per heavy atom. The molecule has 0 radical (unpaired) electrons. The number of carbonyl (C=O) groups excluding carboxylic acids is 1. The van der Waals surface area contributed by atoms with Gasteiger partial charge in [-0.1, -0.05) is 12.2 Å². The van der Waals surface area contributed by atoms with Crippen LogP contribution in [-0.4, -0.2) is 11.7 Å². The molecule has 3 N–H and O–H groups in total. The molecule has 2 amide bonds. The van der Waals surface area contributed by atoms with Crippen LogP contribution in [0.1, 0.15) is 25.7 Å².